The first-order valence-electron chi connectivity index (χ1n) is 46.9. The maximum atomic E-state index is 6.99. The molecule has 0 saturated carbocycles. The zero-order chi connectivity index (χ0) is 89.9. The summed E-state index contributed by atoms with van der Waals surface area (Å²) in [7, 11) is 0. The lowest BCUT2D eigenvalue weighted by Gasteiger charge is -2.22. The number of hydrogen-bond donors (Lipinski definition) is 0. The molecule has 29 rings (SSSR count). The minimum atomic E-state index is -0.126. The molecule has 0 N–H and O–H groups in total. The first kappa shape index (κ1) is 77.3. The highest BCUT2D eigenvalue weighted by Gasteiger charge is 2.38. The SMILES string of the molecule is CC1(C)c2ccccc2-c2ccc(-n3c4ccc(-c5ccc(-c6ccc7c(c6)c6oc8ccccc8c6n7-c6ccc(-c7ccccc7)cc6)cc5)cc4c4oc5cc(-c6ccccc6)ccc5c43)cc21.CC1(C)c2ccccc2-c2ccc(-n3c4ccc(-c5ccc(-c6ccc7c(c6)c6oc8ccccc8c6n7-c6ccc(-c7ccccc7)cc6)cc5)cc4c4oc5ccccc5c43)cc21. The third kappa shape index (κ3) is 11.7. The van der Waals surface area contributed by atoms with Crippen LogP contribution in [0.1, 0.15) is 49.9 Å². The van der Waals surface area contributed by atoms with Crippen LogP contribution in [0.15, 0.2) is 454 Å². The Kier molecular flexibility index (Phi) is 16.8. The van der Waals surface area contributed by atoms with Crippen molar-refractivity contribution < 1.29 is 17.7 Å². The van der Waals surface area contributed by atoms with Crippen LogP contribution in [0.5, 0.6) is 0 Å². The average Bonchev–Trinajstić information content (AvgIpc) is 1.57. The molecule has 0 unspecified atom stereocenters. The number of hydrogen-bond acceptors (Lipinski definition) is 4. The third-order valence-electron chi connectivity index (χ3n) is 29.5. The summed E-state index contributed by atoms with van der Waals surface area (Å²) >= 11 is 0. The molecule has 0 bridgehead atoms. The number of para-hydroxylation sites is 3. The summed E-state index contributed by atoms with van der Waals surface area (Å²) < 4.78 is 36.6. The molecular weight excluding hydrogens is 1660 g/mol. The van der Waals surface area contributed by atoms with Gasteiger partial charge in [0.25, 0.3) is 0 Å². The summed E-state index contributed by atoms with van der Waals surface area (Å²) in [5.41, 5.74) is 47.1. The molecule has 8 nitrogen and oxygen atoms in total. The molecular formula is C128H84N4O4. The van der Waals surface area contributed by atoms with Crippen LogP contribution in [0.4, 0.5) is 0 Å². The van der Waals surface area contributed by atoms with E-state index in [-0.39, 0.29) is 10.8 Å². The summed E-state index contributed by atoms with van der Waals surface area (Å²) in [4.78, 5) is 0. The van der Waals surface area contributed by atoms with Crippen molar-refractivity contribution in [2.45, 2.75) is 38.5 Å². The quantitative estimate of drug-likeness (QED) is 0.129. The zero-order valence-electron chi connectivity index (χ0n) is 75.0. The van der Waals surface area contributed by atoms with E-state index < -0.39 is 0 Å². The fourth-order valence-electron chi connectivity index (χ4n) is 22.8. The lowest BCUT2D eigenvalue weighted by molar-refractivity contribution is 0.659. The Bertz CT molecular complexity index is 9620. The number of aromatic nitrogens is 4. The summed E-state index contributed by atoms with van der Waals surface area (Å²) in [6.45, 7) is 9.39. The van der Waals surface area contributed by atoms with Gasteiger partial charge in [-0.3, -0.25) is 0 Å². The molecule has 2 aliphatic rings. The van der Waals surface area contributed by atoms with Gasteiger partial charge in [0, 0.05) is 76.7 Å². The van der Waals surface area contributed by atoms with E-state index in [2.05, 4.69) is 471 Å². The molecule has 19 aromatic carbocycles. The molecule has 640 valence electrons. The summed E-state index contributed by atoms with van der Waals surface area (Å²) in [5, 5.41) is 8.77. The third-order valence-corrected chi connectivity index (χ3v) is 29.5. The molecule has 0 radical (unpaired) electrons. The molecule has 8 heterocycles. The van der Waals surface area contributed by atoms with Crippen LogP contribution in [0.3, 0.4) is 0 Å². The predicted octanol–water partition coefficient (Wildman–Crippen LogP) is 35.0. The molecule has 0 amide bonds. The fourth-order valence-corrected chi connectivity index (χ4v) is 22.8. The molecule has 0 saturated heterocycles. The molecule has 0 aliphatic heterocycles. The largest absolute Gasteiger partial charge is 0.454 e. The minimum Gasteiger partial charge on any atom is -0.454 e. The molecule has 0 atom stereocenters. The maximum absolute atomic E-state index is 6.99. The second kappa shape index (κ2) is 29.5. The highest BCUT2D eigenvalue weighted by molar-refractivity contribution is 6.22. The molecule has 8 aromatic heterocycles. The molecule has 2 aliphatic carbocycles. The summed E-state index contributed by atoms with van der Waals surface area (Å²) in [5.74, 6) is 0. The van der Waals surface area contributed by atoms with Crippen molar-refractivity contribution >= 4 is 132 Å². The Morgan fingerprint density at radius 1 is 0.162 bits per heavy atom. The van der Waals surface area contributed by atoms with E-state index in [1.807, 2.05) is 12.1 Å². The van der Waals surface area contributed by atoms with E-state index in [0.717, 1.165) is 205 Å². The van der Waals surface area contributed by atoms with Gasteiger partial charge in [-0.25, -0.2) is 0 Å². The van der Waals surface area contributed by atoms with Crippen LogP contribution in [0.2, 0.25) is 0 Å². The molecule has 27 aromatic rings. The second-order valence-electron chi connectivity index (χ2n) is 37.7. The average molecular weight is 1740 g/mol. The normalized spacial score (nSPS) is 13.1. The predicted molar refractivity (Wildman–Crippen MR) is 563 cm³/mol. The van der Waals surface area contributed by atoms with Gasteiger partial charge in [0.2, 0.25) is 0 Å². The molecule has 0 spiro atoms. The minimum absolute atomic E-state index is 0.103. The van der Waals surface area contributed by atoms with E-state index in [1.165, 1.54) is 72.3 Å². The van der Waals surface area contributed by atoms with E-state index in [9.17, 15) is 0 Å². The van der Waals surface area contributed by atoms with Crippen molar-refractivity contribution in [3.63, 3.8) is 0 Å². The van der Waals surface area contributed by atoms with E-state index in [4.69, 9.17) is 17.7 Å². The highest BCUT2D eigenvalue weighted by atomic mass is 16.3. The van der Waals surface area contributed by atoms with Gasteiger partial charge >= 0.3 is 0 Å². The van der Waals surface area contributed by atoms with Gasteiger partial charge in [0.05, 0.1) is 22.1 Å². The van der Waals surface area contributed by atoms with Gasteiger partial charge in [-0.1, -0.05) is 319 Å². The van der Waals surface area contributed by atoms with Crippen molar-refractivity contribution in [2.24, 2.45) is 0 Å². The highest BCUT2D eigenvalue weighted by Crippen LogP contribution is 2.54. The van der Waals surface area contributed by atoms with Crippen LogP contribution in [-0.2, 0) is 10.8 Å². The van der Waals surface area contributed by atoms with Crippen molar-refractivity contribution in [1.29, 1.82) is 0 Å². The smallest absolute Gasteiger partial charge is 0.161 e. The Morgan fingerprint density at radius 2 is 0.397 bits per heavy atom. The van der Waals surface area contributed by atoms with Gasteiger partial charge in [-0.2, -0.15) is 0 Å². The number of fused-ring (bicyclic) bond motifs is 26. The Labute approximate surface area is 782 Å². The first-order chi connectivity index (χ1) is 66.9. The van der Waals surface area contributed by atoms with Crippen LogP contribution < -0.4 is 0 Å². The standard InChI is InChI=1S/C67H44N2O2.C61H40N2O2/c1-67(2)57-19-11-9-17-51(57)52-34-32-50(40-58(52)67)69-60-36-29-47(38-56(60)66-64(69)54-33-27-48(39-62(54)71-66)42-15-7-4-8-16-42)45-23-21-44(22-24-45)46-28-35-59-55(37-46)65-63(53-18-10-12-20-61(53)70-65)68(59)49-30-25-43(26-31-49)41-13-5-3-6-14-41;1-61(2)51-17-9-6-14-45(51)46-31-30-44(36-52(46)61)63-54-33-27-42(35-50(54)60-58(63)48-16-8-11-19-56(48)65-60)40-22-20-39(21-23-40)41-26-32-53-49(34-41)59-57(47-15-7-10-18-55(47)64-59)62(53)43-28-24-38(25-29-43)37-12-4-3-5-13-37/h3-40H,1-2H3;3-36H,1-2H3. The monoisotopic (exact) mass is 1740 g/mol. The first-order valence-corrected chi connectivity index (χ1v) is 46.9. The van der Waals surface area contributed by atoms with Crippen LogP contribution >= 0.6 is 0 Å². The summed E-state index contributed by atoms with van der Waals surface area (Å²) in [6.07, 6.45) is 0. The summed E-state index contributed by atoms with van der Waals surface area (Å²) in [6, 6.07) is 158. The Balaban J connectivity index is 0.000000135. The van der Waals surface area contributed by atoms with E-state index in [1.54, 1.807) is 0 Å². The molecule has 0 fully saturated rings. The lowest BCUT2D eigenvalue weighted by Crippen LogP contribution is -2.15. The fraction of sp³-hybridized carbons (Fsp3) is 0.0469. The van der Waals surface area contributed by atoms with Gasteiger partial charge in [0.1, 0.15) is 44.4 Å². The van der Waals surface area contributed by atoms with Gasteiger partial charge in [-0.15, -0.1) is 0 Å². The number of rotatable bonds is 11. The molecule has 8 heteroatoms. The Hall–Kier alpha value is -17.5. The van der Waals surface area contributed by atoms with Gasteiger partial charge in [-0.05, 0) is 268 Å². The van der Waals surface area contributed by atoms with E-state index in [0.29, 0.717) is 0 Å². The van der Waals surface area contributed by atoms with Gasteiger partial charge < -0.3 is 35.9 Å². The topological polar surface area (TPSA) is 72.3 Å². The van der Waals surface area contributed by atoms with Crippen LogP contribution in [-0.4, -0.2) is 18.3 Å². The second-order valence-corrected chi connectivity index (χ2v) is 37.7. The lowest BCUT2D eigenvalue weighted by atomic mass is 9.82. The zero-order valence-corrected chi connectivity index (χ0v) is 75.0. The molecule has 136 heavy (non-hydrogen) atoms. The van der Waals surface area contributed by atoms with Crippen molar-refractivity contribution in [2.75, 3.05) is 0 Å². The van der Waals surface area contributed by atoms with Crippen molar-refractivity contribution in [1.82, 2.24) is 18.3 Å². The van der Waals surface area contributed by atoms with E-state index >= 15 is 0 Å². The van der Waals surface area contributed by atoms with Gasteiger partial charge in [0.15, 0.2) is 22.3 Å². The van der Waals surface area contributed by atoms with Crippen LogP contribution in [0.25, 0.3) is 255 Å². The Morgan fingerprint density at radius 3 is 0.750 bits per heavy atom. The van der Waals surface area contributed by atoms with Crippen molar-refractivity contribution in [3.05, 3.63) is 459 Å². The number of benzene rings is 19. The number of furan rings is 4. The van der Waals surface area contributed by atoms with Crippen LogP contribution in [0, 0.1) is 0 Å². The van der Waals surface area contributed by atoms with Crippen molar-refractivity contribution in [3.8, 4) is 123 Å². The maximum Gasteiger partial charge on any atom is 0.161 e. The number of nitrogens with zero attached hydrogens (tertiary/aromatic N) is 4.